The van der Waals surface area contributed by atoms with Crippen LogP contribution in [-0.4, -0.2) is 48.2 Å². The molecule has 1 heterocycles. The molecule has 1 aromatic rings. The minimum Gasteiger partial charge on any atom is -0.478 e. The van der Waals surface area contributed by atoms with Crippen LogP contribution in [0.4, 0.5) is 0 Å². The lowest BCUT2D eigenvalue weighted by Crippen LogP contribution is -2.44. The minimum absolute atomic E-state index is 0.356. The zero-order valence-electron chi connectivity index (χ0n) is 10.3. The van der Waals surface area contributed by atoms with Gasteiger partial charge >= 0.3 is 5.97 Å². The van der Waals surface area contributed by atoms with Crippen molar-refractivity contribution in [1.29, 1.82) is 0 Å². The molecule has 10 heteroatoms. The fourth-order valence-electron chi connectivity index (χ4n) is 1.30. The van der Waals surface area contributed by atoms with Crippen LogP contribution in [0.25, 0.3) is 0 Å². The average molecular weight is 290 g/mol. The summed E-state index contributed by atoms with van der Waals surface area (Å²) < 4.78 is 25.9. The second kappa shape index (κ2) is 5.80. The molecule has 1 atom stereocenters. The maximum Gasteiger partial charge on any atom is 0.340 e. The van der Waals surface area contributed by atoms with E-state index in [4.69, 9.17) is 5.11 Å². The van der Waals surface area contributed by atoms with Gasteiger partial charge in [-0.3, -0.25) is 9.89 Å². The molecule has 4 N–H and O–H groups in total. The summed E-state index contributed by atoms with van der Waals surface area (Å²) in [5.74, 6) is -1.94. The largest absolute Gasteiger partial charge is 0.478 e. The van der Waals surface area contributed by atoms with Gasteiger partial charge in [0.25, 0.3) is 10.0 Å². The normalized spacial score (nSPS) is 12.9. The van der Waals surface area contributed by atoms with Crippen molar-refractivity contribution in [3.8, 4) is 0 Å². The first kappa shape index (κ1) is 15.1. The summed E-state index contributed by atoms with van der Waals surface area (Å²) in [4.78, 5) is 22.2. The number of likely N-dealkylation sites (N-methyl/N-ethyl adjacent to an activating group) is 1. The maximum atomic E-state index is 11.9. The van der Waals surface area contributed by atoms with Gasteiger partial charge in [0.05, 0.1) is 12.2 Å². The number of rotatable bonds is 6. The number of hydrogen-bond acceptors (Lipinski definition) is 5. The van der Waals surface area contributed by atoms with Gasteiger partial charge in [-0.15, -0.1) is 0 Å². The zero-order chi connectivity index (χ0) is 14.6. The van der Waals surface area contributed by atoms with Gasteiger partial charge in [-0.2, -0.15) is 9.82 Å². The Labute approximate surface area is 109 Å². The molecule has 9 nitrogen and oxygen atoms in total. The fourth-order valence-corrected chi connectivity index (χ4v) is 2.60. The number of carbonyl (C=O) groups is 2. The highest BCUT2D eigenvalue weighted by Gasteiger charge is 2.28. The van der Waals surface area contributed by atoms with Crippen molar-refractivity contribution in [2.24, 2.45) is 0 Å². The number of nitrogens with one attached hydrogen (secondary N) is 3. The second-order valence-corrected chi connectivity index (χ2v) is 5.31. The van der Waals surface area contributed by atoms with E-state index in [2.05, 4.69) is 20.2 Å². The number of hydrogen-bond donors (Lipinski definition) is 4. The topological polar surface area (TPSA) is 141 Å². The Morgan fingerprint density at radius 3 is 2.68 bits per heavy atom. The number of carboxylic acid groups (broad SMARTS) is 1. The molecule has 1 aromatic heterocycles. The number of aromatic carboxylic acids is 1. The van der Waals surface area contributed by atoms with E-state index in [0.29, 0.717) is 6.54 Å². The third kappa shape index (κ3) is 3.51. The molecular formula is C9H14N4O5S. The summed E-state index contributed by atoms with van der Waals surface area (Å²) in [6.45, 7) is 3.39. The van der Waals surface area contributed by atoms with Gasteiger partial charge in [-0.1, -0.05) is 0 Å². The zero-order valence-corrected chi connectivity index (χ0v) is 11.1. The van der Waals surface area contributed by atoms with Gasteiger partial charge in [-0.05, 0) is 13.8 Å². The Morgan fingerprint density at radius 2 is 2.16 bits per heavy atom. The quantitative estimate of drug-likeness (QED) is 0.524. The molecule has 1 amide bonds. The number of sulfonamides is 1. The van der Waals surface area contributed by atoms with Gasteiger partial charge in [-0.25, -0.2) is 13.2 Å². The van der Waals surface area contributed by atoms with Crippen LogP contribution < -0.4 is 10.0 Å². The summed E-state index contributed by atoms with van der Waals surface area (Å²) in [6.07, 6.45) is 0.883. The molecule has 0 fully saturated rings. The van der Waals surface area contributed by atoms with Crippen LogP contribution in [0.2, 0.25) is 0 Å². The number of amides is 1. The van der Waals surface area contributed by atoms with Gasteiger partial charge in [0.15, 0.2) is 5.03 Å². The predicted molar refractivity (Wildman–Crippen MR) is 64.0 cm³/mol. The Bertz CT molecular complexity index is 579. The first-order valence-corrected chi connectivity index (χ1v) is 6.84. The average Bonchev–Trinajstić information content (AvgIpc) is 2.78. The monoisotopic (exact) mass is 290 g/mol. The molecule has 0 saturated heterocycles. The molecule has 0 spiro atoms. The molecule has 0 aromatic carbocycles. The maximum absolute atomic E-state index is 11.9. The molecule has 1 unspecified atom stereocenters. The van der Waals surface area contributed by atoms with Crippen molar-refractivity contribution in [2.75, 3.05) is 6.54 Å². The van der Waals surface area contributed by atoms with Crippen molar-refractivity contribution in [3.63, 3.8) is 0 Å². The summed E-state index contributed by atoms with van der Waals surface area (Å²) in [5, 5.41) is 16.1. The lowest BCUT2D eigenvalue weighted by Gasteiger charge is -2.13. The van der Waals surface area contributed by atoms with Gasteiger partial charge < -0.3 is 10.4 Å². The molecule has 1 rings (SSSR count). The summed E-state index contributed by atoms with van der Waals surface area (Å²) in [6, 6.07) is -1.03. The van der Waals surface area contributed by atoms with Crippen molar-refractivity contribution in [1.82, 2.24) is 20.2 Å². The van der Waals surface area contributed by atoms with Crippen LogP contribution >= 0.6 is 0 Å². The van der Waals surface area contributed by atoms with Crippen LogP contribution in [-0.2, 0) is 14.8 Å². The fraction of sp³-hybridized carbons (Fsp3) is 0.444. The van der Waals surface area contributed by atoms with E-state index >= 15 is 0 Å². The van der Waals surface area contributed by atoms with Gasteiger partial charge in [0.1, 0.15) is 5.56 Å². The lowest BCUT2D eigenvalue weighted by molar-refractivity contribution is -0.122. The number of carbonyl (C=O) groups excluding carboxylic acids is 1. The molecule has 19 heavy (non-hydrogen) atoms. The molecule has 106 valence electrons. The van der Waals surface area contributed by atoms with Crippen LogP contribution in [0.5, 0.6) is 0 Å². The summed E-state index contributed by atoms with van der Waals surface area (Å²) in [5.41, 5.74) is -0.490. The molecular weight excluding hydrogens is 276 g/mol. The number of aromatic amines is 1. The van der Waals surface area contributed by atoms with E-state index in [9.17, 15) is 18.0 Å². The highest BCUT2D eigenvalue weighted by molar-refractivity contribution is 7.89. The van der Waals surface area contributed by atoms with E-state index in [0.717, 1.165) is 6.20 Å². The van der Waals surface area contributed by atoms with Gasteiger partial charge in [0, 0.05) is 6.54 Å². The first-order chi connectivity index (χ1) is 8.79. The number of carboxylic acids is 1. The second-order valence-electron chi connectivity index (χ2n) is 3.66. The summed E-state index contributed by atoms with van der Waals surface area (Å²) >= 11 is 0. The Balaban J connectivity index is 2.96. The SMILES string of the molecule is CCNC(=O)C(C)NS(=O)(=O)c1[nH]ncc1C(=O)O. The molecule has 0 aliphatic carbocycles. The van der Waals surface area contributed by atoms with E-state index in [1.807, 2.05) is 0 Å². The first-order valence-electron chi connectivity index (χ1n) is 5.36. The number of nitrogens with zero attached hydrogens (tertiary/aromatic N) is 1. The van der Waals surface area contributed by atoms with E-state index in [-0.39, 0.29) is 0 Å². The van der Waals surface area contributed by atoms with Crippen molar-refractivity contribution in [3.05, 3.63) is 11.8 Å². The van der Waals surface area contributed by atoms with Gasteiger partial charge in [0.2, 0.25) is 5.91 Å². The Morgan fingerprint density at radius 1 is 1.53 bits per heavy atom. The van der Waals surface area contributed by atoms with Crippen LogP contribution in [0.1, 0.15) is 24.2 Å². The van der Waals surface area contributed by atoms with Crippen LogP contribution in [0.3, 0.4) is 0 Å². The van der Waals surface area contributed by atoms with E-state index < -0.39 is 38.5 Å². The van der Waals surface area contributed by atoms with E-state index in [1.54, 1.807) is 6.92 Å². The van der Waals surface area contributed by atoms with Crippen molar-refractivity contribution in [2.45, 2.75) is 24.9 Å². The van der Waals surface area contributed by atoms with Crippen molar-refractivity contribution >= 4 is 21.9 Å². The van der Waals surface area contributed by atoms with E-state index in [1.165, 1.54) is 6.92 Å². The molecule has 0 saturated carbocycles. The molecule has 0 aliphatic heterocycles. The van der Waals surface area contributed by atoms with Crippen LogP contribution in [0.15, 0.2) is 11.2 Å². The third-order valence-electron chi connectivity index (χ3n) is 2.18. The number of aromatic nitrogens is 2. The molecule has 0 radical (unpaired) electrons. The predicted octanol–water partition coefficient (Wildman–Crippen LogP) is -1.09. The van der Waals surface area contributed by atoms with Crippen molar-refractivity contribution < 1.29 is 23.1 Å². The minimum atomic E-state index is -4.16. The number of H-pyrrole nitrogens is 1. The molecule has 0 bridgehead atoms. The third-order valence-corrected chi connectivity index (χ3v) is 3.69. The smallest absolute Gasteiger partial charge is 0.340 e. The summed E-state index contributed by atoms with van der Waals surface area (Å²) in [7, 11) is -4.16. The highest BCUT2D eigenvalue weighted by atomic mass is 32.2. The lowest BCUT2D eigenvalue weighted by atomic mass is 10.3. The Kier molecular flexibility index (Phi) is 4.62. The highest BCUT2D eigenvalue weighted by Crippen LogP contribution is 2.12. The molecule has 0 aliphatic rings. The van der Waals surface area contributed by atoms with Crippen LogP contribution in [0, 0.1) is 0 Å². The Hall–Kier alpha value is -1.94. The standard InChI is InChI=1S/C9H14N4O5S/c1-3-10-7(14)5(2)13-19(17,18)8-6(9(15)16)4-11-12-8/h4-5,13H,3H2,1-2H3,(H,10,14)(H,11,12)(H,15,16).